The number of carbonyl (C=O) groups excluding carboxylic acids is 1. The number of fused-ring (bicyclic) bond motifs is 2. The van der Waals surface area contributed by atoms with Crippen LogP contribution in [-0.4, -0.2) is 28.7 Å². The van der Waals surface area contributed by atoms with Crippen molar-refractivity contribution < 1.29 is 27.4 Å². The van der Waals surface area contributed by atoms with Gasteiger partial charge in [0.1, 0.15) is 5.82 Å². The zero-order valence-corrected chi connectivity index (χ0v) is 18.0. The summed E-state index contributed by atoms with van der Waals surface area (Å²) in [6.07, 6.45) is -4.86. The second-order valence-electron chi connectivity index (χ2n) is 7.88. The number of anilines is 2. The first-order valence-corrected chi connectivity index (χ1v) is 10.5. The lowest BCUT2D eigenvalue weighted by Gasteiger charge is -2.33. The summed E-state index contributed by atoms with van der Waals surface area (Å²) in [6.45, 7) is 1.85. The van der Waals surface area contributed by atoms with Crippen molar-refractivity contribution in [2.75, 3.05) is 17.4 Å². The maximum Gasteiger partial charge on any atom is 0.410 e. The van der Waals surface area contributed by atoms with Crippen molar-refractivity contribution in [2.24, 2.45) is 0 Å². The number of nitrogens with one attached hydrogen (secondary N) is 2. The molecule has 0 aliphatic carbocycles. The fourth-order valence-corrected chi connectivity index (χ4v) is 4.12. The quantitative estimate of drug-likeness (QED) is 0.521. The molecule has 0 fully saturated rings. The Morgan fingerprint density at radius 2 is 1.97 bits per heavy atom. The van der Waals surface area contributed by atoms with Gasteiger partial charge in [0, 0.05) is 23.2 Å². The molecule has 1 aromatic heterocycles. The van der Waals surface area contributed by atoms with E-state index in [9.17, 15) is 18.0 Å². The Bertz CT molecular complexity index is 1240. The smallest absolute Gasteiger partial charge is 0.410 e. The molecule has 0 saturated carbocycles. The molecule has 2 atom stereocenters. The van der Waals surface area contributed by atoms with Gasteiger partial charge in [-0.05, 0) is 42.3 Å². The number of carbonyl (C=O) groups is 1. The maximum atomic E-state index is 13.9. The molecule has 11 heteroatoms. The number of amides is 1. The molecule has 2 aromatic carbocycles. The van der Waals surface area contributed by atoms with Crippen LogP contribution < -0.4 is 20.1 Å². The lowest BCUT2D eigenvalue weighted by molar-refractivity contribution is -0.173. The van der Waals surface area contributed by atoms with Gasteiger partial charge in [0.25, 0.3) is 5.91 Å². The van der Waals surface area contributed by atoms with Gasteiger partial charge in [-0.15, -0.1) is 0 Å². The van der Waals surface area contributed by atoms with Crippen molar-refractivity contribution in [3.8, 4) is 11.5 Å². The van der Waals surface area contributed by atoms with Crippen LogP contribution in [0.5, 0.6) is 11.5 Å². The summed E-state index contributed by atoms with van der Waals surface area (Å²) in [5.41, 5.74) is 1.68. The largest absolute Gasteiger partial charge is 0.454 e. The topological polar surface area (TPSA) is 77.4 Å². The van der Waals surface area contributed by atoms with Crippen LogP contribution >= 0.6 is 11.6 Å². The molecule has 0 unspecified atom stereocenters. The van der Waals surface area contributed by atoms with E-state index < -0.39 is 24.2 Å². The molecule has 0 bridgehead atoms. The van der Waals surface area contributed by atoms with Crippen LogP contribution in [0.2, 0.25) is 5.02 Å². The average Bonchev–Trinajstić information content (AvgIpc) is 3.41. The number of alkyl halides is 3. The molecule has 2 aliphatic heterocycles. The fourth-order valence-electron chi connectivity index (χ4n) is 3.95. The third-order valence-electron chi connectivity index (χ3n) is 5.67. The Labute approximate surface area is 191 Å². The van der Waals surface area contributed by atoms with Gasteiger partial charge in [-0.1, -0.05) is 23.7 Å². The van der Waals surface area contributed by atoms with Gasteiger partial charge in [-0.2, -0.15) is 18.3 Å². The Balaban J connectivity index is 1.45. The number of halogens is 4. The predicted octanol–water partition coefficient (Wildman–Crippen LogP) is 5.49. The first-order valence-electron chi connectivity index (χ1n) is 10.1. The summed E-state index contributed by atoms with van der Waals surface area (Å²) >= 11 is 5.98. The third-order valence-corrected chi connectivity index (χ3v) is 5.90. The zero-order chi connectivity index (χ0) is 23.3. The number of rotatable bonds is 3. The van der Waals surface area contributed by atoms with Crippen LogP contribution in [-0.2, 0) is 0 Å². The van der Waals surface area contributed by atoms with Crippen molar-refractivity contribution >= 4 is 29.0 Å². The number of aryl methyl sites for hydroxylation is 1. The second kappa shape index (κ2) is 7.87. The number of aromatic nitrogens is 2. The first-order chi connectivity index (χ1) is 15.7. The summed E-state index contributed by atoms with van der Waals surface area (Å²) in [6, 6.07) is 8.74. The van der Waals surface area contributed by atoms with E-state index in [1.807, 2.05) is 0 Å². The van der Waals surface area contributed by atoms with E-state index in [1.54, 1.807) is 43.3 Å². The highest BCUT2D eigenvalue weighted by atomic mass is 35.5. The lowest BCUT2D eigenvalue weighted by atomic mass is 9.96. The molecule has 5 rings (SSSR count). The molecule has 0 spiro atoms. The van der Waals surface area contributed by atoms with Crippen LogP contribution in [0.25, 0.3) is 0 Å². The number of benzene rings is 2. The minimum atomic E-state index is -4.56. The van der Waals surface area contributed by atoms with E-state index >= 15 is 0 Å². The average molecular weight is 479 g/mol. The standard InChI is InChI=1S/C22H18ClF3N4O3/c1-11-2-4-13(23)7-14(11)28-21(31)16-9-20-27-15(8-19(22(24,25)26)30(20)29-16)12-3-5-17-18(6-12)33-10-32-17/h2-7,9,15,19,27H,8,10H2,1H3,(H,28,31)/t15-,19+/m0/s1. The van der Waals surface area contributed by atoms with E-state index in [0.29, 0.717) is 27.8 Å². The Hall–Kier alpha value is -3.40. The van der Waals surface area contributed by atoms with Gasteiger partial charge in [-0.3, -0.25) is 4.79 Å². The van der Waals surface area contributed by atoms with Gasteiger partial charge in [0.15, 0.2) is 23.2 Å². The van der Waals surface area contributed by atoms with E-state index in [4.69, 9.17) is 21.1 Å². The van der Waals surface area contributed by atoms with E-state index in [1.165, 1.54) is 6.07 Å². The number of hydrogen-bond donors (Lipinski definition) is 2. The molecule has 172 valence electrons. The summed E-state index contributed by atoms with van der Waals surface area (Å²) in [7, 11) is 0. The van der Waals surface area contributed by atoms with Crippen molar-refractivity contribution in [1.29, 1.82) is 0 Å². The number of ether oxygens (including phenoxy) is 2. The molecule has 3 heterocycles. The molecular formula is C22H18ClF3N4O3. The van der Waals surface area contributed by atoms with Gasteiger partial charge in [0.05, 0.1) is 6.04 Å². The van der Waals surface area contributed by atoms with E-state index in [0.717, 1.165) is 10.2 Å². The van der Waals surface area contributed by atoms with E-state index in [-0.39, 0.29) is 24.7 Å². The van der Waals surface area contributed by atoms with E-state index in [2.05, 4.69) is 15.7 Å². The van der Waals surface area contributed by atoms with Crippen molar-refractivity contribution in [3.63, 3.8) is 0 Å². The molecule has 0 radical (unpaired) electrons. The Morgan fingerprint density at radius 1 is 1.18 bits per heavy atom. The number of hydrogen-bond acceptors (Lipinski definition) is 5. The van der Waals surface area contributed by atoms with Gasteiger partial charge in [0.2, 0.25) is 6.79 Å². The SMILES string of the molecule is Cc1ccc(Cl)cc1NC(=O)c1cc2n(n1)[C@@H](C(F)(F)F)C[C@@H](c1ccc3c(c1)OCO3)N2. The molecule has 33 heavy (non-hydrogen) atoms. The summed E-state index contributed by atoms with van der Waals surface area (Å²) in [5, 5.41) is 10.1. The van der Waals surface area contributed by atoms with Gasteiger partial charge in [-0.25, -0.2) is 4.68 Å². The minimum Gasteiger partial charge on any atom is -0.454 e. The third kappa shape index (κ3) is 4.06. The first kappa shape index (κ1) is 21.4. The lowest BCUT2D eigenvalue weighted by Crippen LogP contribution is -2.35. The summed E-state index contributed by atoms with van der Waals surface area (Å²) in [5.74, 6) is 0.486. The predicted molar refractivity (Wildman–Crippen MR) is 115 cm³/mol. The van der Waals surface area contributed by atoms with Crippen LogP contribution in [0.1, 0.15) is 40.1 Å². The van der Waals surface area contributed by atoms with Crippen LogP contribution in [0.3, 0.4) is 0 Å². The highest BCUT2D eigenvalue weighted by Crippen LogP contribution is 2.45. The Kier molecular flexibility index (Phi) is 5.12. The van der Waals surface area contributed by atoms with Gasteiger partial charge >= 0.3 is 6.18 Å². The normalized spacial score (nSPS) is 19.1. The monoisotopic (exact) mass is 478 g/mol. The van der Waals surface area contributed by atoms with Crippen molar-refractivity contribution in [2.45, 2.75) is 31.6 Å². The molecule has 2 N–H and O–H groups in total. The van der Waals surface area contributed by atoms with Crippen LogP contribution in [0.15, 0.2) is 42.5 Å². The molecule has 3 aromatic rings. The highest BCUT2D eigenvalue weighted by Gasteiger charge is 2.47. The maximum absolute atomic E-state index is 13.9. The van der Waals surface area contributed by atoms with Crippen LogP contribution in [0, 0.1) is 6.92 Å². The van der Waals surface area contributed by atoms with Crippen LogP contribution in [0.4, 0.5) is 24.7 Å². The van der Waals surface area contributed by atoms with Gasteiger partial charge < -0.3 is 20.1 Å². The summed E-state index contributed by atoms with van der Waals surface area (Å²) in [4.78, 5) is 12.8. The second-order valence-corrected chi connectivity index (χ2v) is 8.31. The van der Waals surface area contributed by atoms with Crippen molar-refractivity contribution in [1.82, 2.24) is 9.78 Å². The zero-order valence-electron chi connectivity index (χ0n) is 17.2. The molecule has 2 aliphatic rings. The van der Waals surface area contributed by atoms with Crippen molar-refractivity contribution in [3.05, 3.63) is 64.3 Å². The Morgan fingerprint density at radius 3 is 2.76 bits per heavy atom. The molecule has 7 nitrogen and oxygen atoms in total. The highest BCUT2D eigenvalue weighted by molar-refractivity contribution is 6.31. The fraction of sp³-hybridized carbons (Fsp3) is 0.273. The number of nitrogens with zero attached hydrogens (tertiary/aromatic N) is 2. The summed E-state index contributed by atoms with van der Waals surface area (Å²) < 4.78 is 53.3. The molecule has 0 saturated heterocycles. The molecular weight excluding hydrogens is 461 g/mol. The molecule has 1 amide bonds. The minimum absolute atomic E-state index is 0.0689.